The average molecular weight is 451 g/mol. The third-order valence-corrected chi connectivity index (χ3v) is 7.90. The number of rotatable bonds is 2. The minimum absolute atomic E-state index is 0.00858. The van der Waals surface area contributed by atoms with Crippen molar-refractivity contribution in [2.45, 2.75) is 62.6 Å². The summed E-state index contributed by atoms with van der Waals surface area (Å²) in [5, 5.41) is 6.96. The molecule has 1 aromatic heterocycles. The lowest BCUT2D eigenvalue weighted by molar-refractivity contribution is 0.259. The molecule has 0 saturated carbocycles. The van der Waals surface area contributed by atoms with Gasteiger partial charge in [0.25, 0.3) is 0 Å². The number of alkyl halides is 1. The van der Waals surface area contributed by atoms with Crippen molar-refractivity contribution in [3.05, 3.63) is 34.3 Å². The number of aromatic nitrogens is 2. The van der Waals surface area contributed by atoms with Crippen LogP contribution in [0, 0.1) is 5.82 Å². The van der Waals surface area contributed by atoms with Gasteiger partial charge in [-0.3, -0.25) is 0 Å². The topological polar surface area (TPSA) is 85.6 Å². The molecule has 5 rings (SSSR count). The Bertz CT molecular complexity index is 1240. The predicted molar refractivity (Wildman–Crippen MR) is 112 cm³/mol. The number of anilines is 1. The Labute approximate surface area is 179 Å². The summed E-state index contributed by atoms with van der Waals surface area (Å²) in [5.41, 5.74) is 2.13. The second-order valence-corrected chi connectivity index (χ2v) is 11.3. The first-order chi connectivity index (χ1) is 14.6. The molecule has 166 valence electrons. The summed E-state index contributed by atoms with van der Waals surface area (Å²) in [6.07, 6.45) is 3.59. The zero-order chi connectivity index (χ0) is 22.1. The van der Waals surface area contributed by atoms with E-state index in [1.54, 1.807) is 4.68 Å². The van der Waals surface area contributed by atoms with Crippen LogP contribution >= 0.6 is 0 Å². The lowest BCUT2D eigenvalue weighted by Gasteiger charge is -2.16. The lowest BCUT2D eigenvalue weighted by Crippen LogP contribution is -2.26. The average Bonchev–Trinajstić information content (AvgIpc) is 3.43. The molecule has 0 unspecified atom stereocenters. The number of ether oxygens (including phenoxy) is 1. The maximum atomic E-state index is 14.8. The standard InChI is InChI=1S/C21H24F2N4O3S/c1-21(2)10-30-19-16(9-24-27(19)21)31(3,29)26-20(28)25-18-13-6-4-5-12(13)17(23)14-7-11(22)8-15(14)18/h9,11H,4-8,10H2,1-3H3,(H,25,28)/t11-,31+/m1/s1. The van der Waals surface area contributed by atoms with Gasteiger partial charge in [0.15, 0.2) is 0 Å². The van der Waals surface area contributed by atoms with E-state index in [-0.39, 0.29) is 29.1 Å². The first-order valence-corrected chi connectivity index (χ1v) is 12.2. The number of urea groups is 1. The zero-order valence-electron chi connectivity index (χ0n) is 17.6. The molecule has 2 aromatic rings. The number of hydrogen-bond donors (Lipinski definition) is 1. The van der Waals surface area contributed by atoms with Crippen LogP contribution < -0.4 is 10.1 Å². The highest BCUT2D eigenvalue weighted by Gasteiger charge is 2.37. The quantitative estimate of drug-likeness (QED) is 0.755. The fraction of sp³-hybridized carbons (Fsp3) is 0.524. The Morgan fingerprint density at radius 3 is 2.77 bits per heavy atom. The van der Waals surface area contributed by atoms with E-state index in [0.29, 0.717) is 53.3 Å². The van der Waals surface area contributed by atoms with Crippen molar-refractivity contribution < 1.29 is 22.5 Å². The SMILES string of the molecule is CC1(C)COc2c([S@](C)(=O)=NC(=O)Nc3c4c(c(F)c5c3C[C@H](F)C5)CCC4)cnn21. The Balaban J connectivity index is 1.51. The van der Waals surface area contributed by atoms with Crippen LogP contribution in [0.2, 0.25) is 0 Å². The molecule has 0 saturated heterocycles. The van der Waals surface area contributed by atoms with Crippen molar-refractivity contribution in [1.29, 1.82) is 0 Å². The molecule has 1 aliphatic heterocycles. The van der Waals surface area contributed by atoms with Gasteiger partial charge in [0, 0.05) is 24.8 Å². The van der Waals surface area contributed by atoms with E-state index in [4.69, 9.17) is 4.74 Å². The second-order valence-electron chi connectivity index (χ2n) is 9.11. The predicted octanol–water partition coefficient (Wildman–Crippen LogP) is 3.76. The summed E-state index contributed by atoms with van der Waals surface area (Å²) >= 11 is 0. The van der Waals surface area contributed by atoms with E-state index in [1.807, 2.05) is 13.8 Å². The van der Waals surface area contributed by atoms with Crippen LogP contribution in [0.5, 0.6) is 5.88 Å². The summed E-state index contributed by atoms with van der Waals surface area (Å²) in [6, 6.07) is -0.810. The number of amides is 2. The van der Waals surface area contributed by atoms with Gasteiger partial charge < -0.3 is 10.1 Å². The number of halogens is 2. The highest BCUT2D eigenvalue weighted by molar-refractivity contribution is 7.93. The smallest absolute Gasteiger partial charge is 0.353 e. The van der Waals surface area contributed by atoms with Gasteiger partial charge in [-0.25, -0.2) is 22.5 Å². The van der Waals surface area contributed by atoms with Crippen LogP contribution in [-0.2, 0) is 41.0 Å². The van der Waals surface area contributed by atoms with E-state index in [2.05, 4.69) is 14.8 Å². The van der Waals surface area contributed by atoms with Gasteiger partial charge in [-0.15, -0.1) is 4.36 Å². The Morgan fingerprint density at radius 2 is 2.00 bits per heavy atom. The van der Waals surface area contributed by atoms with Crippen molar-refractivity contribution in [2.75, 3.05) is 18.2 Å². The van der Waals surface area contributed by atoms with Gasteiger partial charge in [0.05, 0.1) is 21.5 Å². The van der Waals surface area contributed by atoms with E-state index < -0.39 is 21.9 Å². The molecule has 0 spiro atoms. The number of hydrogen-bond acceptors (Lipinski definition) is 4. The van der Waals surface area contributed by atoms with Gasteiger partial charge in [0.1, 0.15) is 23.5 Å². The summed E-state index contributed by atoms with van der Waals surface area (Å²) in [4.78, 5) is 13.1. The van der Waals surface area contributed by atoms with Crippen molar-refractivity contribution in [2.24, 2.45) is 4.36 Å². The van der Waals surface area contributed by atoms with E-state index in [0.717, 1.165) is 6.42 Å². The Kier molecular flexibility index (Phi) is 4.45. The molecule has 1 aromatic carbocycles. The minimum Gasteiger partial charge on any atom is -0.474 e. The molecule has 7 nitrogen and oxygen atoms in total. The monoisotopic (exact) mass is 450 g/mol. The first-order valence-electron chi connectivity index (χ1n) is 10.3. The minimum atomic E-state index is -3.15. The molecule has 3 aliphatic rings. The molecule has 0 fully saturated rings. The van der Waals surface area contributed by atoms with Gasteiger partial charge >= 0.3 is 6.03 Å². The van der Waals surface area contributed by atoms with E-state index in [9.17, 15) is 17.8 Å². The van der Waals surface area contributed by atoms with Crippen LogP contribution in [0.25, 0.3) is 0 Å². The van der Waals surface area contributed by atoms with Gasteiger partial charge in [-0.05, 0) is 55.4 Å². The largest absolute Gasteiger partial charge is 0.474 e. The molecule has 31 heavy (non-hydrogen) atoms. The number of carbonyl (C=O) groups is 1. The van der Waals surface area contributed by atoms with Crippen LogP contribution in [0.4, 0.5) is 19.3 Å². The highest BCUT2D eigenvalue weighted by Crippen LogP contribution is 2.42. The molecule has 2 aliphatic carbocycles. The number of nitrogens with one attached hydrogen (secondary N) is 1. The molecule has 2 atom stereocenters. The number of benzene rings is 1. The summed E-state index contributed by atoms with van der Waals surface area (Å²) < 4.78 is 53.5. The molecule has 1 N–H and O–H groups in total. The number of carbonyl (C=O) groups excluding carboxylic acids is 1. The van der Waals surface area contributed by atoms with Crippen molar-refractivity contribution in [1.82, 2.24) is 9.78 Å². The zero-order valence-corrected chi connectivity index (χ0v) is 18.4. The van der Waals surface area contributed by atoms with Crippen molar-refractivity contribution in [3.8, 4) is 5.88 Å². The molecule has 0 radical (unpaired) electrons. The normalized spacial score (nSPS) is 22.3. The molecular weight excluding hydrogens is 426 g/mol. The molecule has 0 bridgehead atoms. The van der Waals surface area contributed by atoms with E-state index >= 15 is 0 Å². The van der Waals surface area contributed by atoms with Gasteiger partial charge in [-0.1, -0.05) is 0 Å². The van der Waals surface area contributed by atoms with Crippen molar-refractivity contribution >= 4 is 21.4 Å². The second kappa shape index (κ2) is 6.75. The van der Waals surface area contributed by atoms with Gasteiger partial charge in [-0.2, -0.15) is 5.10 Å². The third-order valence-electron chi connectivity index (χ3n) is 6.29. The van der Waals surface area contributed by atoms with Crippen LogP contribution in [0.15, 0.2) is 15.5 Å². The first kappa shape index (κ1) is 20.4. The molecule has 2 amide bonds. The highest BCUT2D eigenvalue weighted by atomic mass is 32.2. The van der Waals surface area contributed by atoms with Gasteiger partial charge in [0.2, 0.25) is 5.88 Å². The fourth-order valence-electron chi connectivity index (χ4n) is 4.80. The molecular formula is C21H24F2N4O3S. The van der Waals surface area contributed by atoms with Crippen LogP contribution in [-0.4, -0.2) is 39.1 Å². The number of nitrogens with zero attached hydrogens (tertiary/aromatic N) is 3. The Hall–Kier alpha value is -2.49. The maximum Gasteiger partial charge on any atom is 0.353 e. The van der Waals surface area contributed by atoms with Crippen LogP contribution in [0.1, 0.15) is 42.5 Å². The Morgan fingerprint density at radius 1 is 1.29 bits per heavy atom. The lowest BCUT2D eigenvalue weighted by atomic mass is 9.98. The number of fused-ring (bicyclic) bond motifs is 3. The summed E-state index contributed by atoms with van der Waals surface area (Å²) in [7, 11) is -3.15. The van der Waals surface area contributed by atoms with E-state index in [1.165, 1.54) is 12.5 Å². The maximum absolute atomic E-state index is 14.8. The van der Waals surface area contributed by atoms with Crippen molar-refractivity contribution in [3.63, 3.8) is 0 Å². The molecule has 10 heteroatoms. The fourth-order valence-corrected chi connectivity index (χ4v) is 5.97. The summed E-state index contributed by atoms with van der Waals surface area (Å²) in [5.74, 6) is 0.00461. The van der Waals surface area contributed by atoms with Crippen LogP contribution in [0.3, 0.4) is 0 Å². The summed E-state index contributed by atoms with van der Waals surface area (Å²) in [6.45, 7) is 4.26. The molecule has 2 heterocycles. The third kappa shape index (κ3) is 3.14.